The van der Waals surface area contributed by atoms with Gasteiger partial charge in [-0.05, 0) is 32.1 Å². The van der Waals surface area contributed by atoms with Crippen LogP contribution in [0.3, 0.4) is 0 Å². The van der Waals surface area contributed by atoms with Gasteiger partial charge in [0.1, 0.15) is 0 Å². The van der Waals surface area contributed by atoms with E-state index in [0.29, 0.717) is 14.3 Å². The van der Waals surface area contributed by atoms with Crippen LogP contribution in [0.25, 0.3) is 0 Å². The van der Waals surface area contributed by atoms with Gasteiger partial charge in [0.05, 0.1) is 12.6 Å². The molecule has 0 bridgehead atoms. The molecule has 1 N–H and O–H groups in total. The minimum absolute atomic E-state index is 0.103. The molecule has 0 fully saturated rings. The molecule has 0 spiro atoms. The first-order chi connectivity index (χ1) is 11.8. The number of benzene rings is 2. The van der Waals surface area contributed by atoms with Gasteiger partial charge < -0.3 is 9.84 Å². The molecular weight excluding hydrogens is 412 g/mol. The monoisotopic (exact) mass is 433 g/mol. The number of aliphatic imine (C=N–C) groups is 1. The summed E-state index contributed by atoms with van der Waals surface area (Å²) in [4.78, 5) is 4.58. The first-order valence-electron chi connectivity index (χ1n) is 7.56. The maximum atomic E-state index is 10.2. The quantitative estimate of drug-likeness (QED) is 0.434. The summed E-state index contributed by atoms with van der Waals surface area (Å²) in [6.45, 7) is 6.22. The first kappa shape index (κ1) is 22.5. The van der Waals surface area contributed by atoms with Crippen molar-refractivity contribution in [2.45, 2.75) is 26.3 Å². The van der Waals surface area contributed by atoms with Gasteiger partial charge in [-0.3, -0.25) is 4.99 Å². The fourth-order valence-corrected chi connectivity index (χ4v) is 3.10. The molecule has 2 aromatic carbocycles. The predicted octanol–water partition coefficient (Wildman–Crippen LogP) is 4.62. The zero-order valence-electron chi connectivity index (χ0n) is 14.7. The summed E-state index contributed by atoms with van der Waals surface area (Å²) in [7, 11) is 11.7. The van der Waals surface area contributed by atoms with Crippen LogP contribution < -0.4 is 15.3 Å². The Morgan fingerprint density at radius 3 is 2.28 bits per heavy atom. The van der Waals surface area contributed by atoms with E-state index in [1.807, 2.05) is 30.5 Å². The number of rotatable bonds is 4. The molecule has 0 aliphatic rings. The summed E-state index contributed by atoms with van der Waals surface area (Å²) in [5.41, 5.74) is 0.979. The van der Waals surface area contributed by atoms with Gasteiger partial charge >= 0.3 is 35.6 Å². The van der Waals surface area contributed by atoms with Gasteiger partial charge in [0, 0.05) is 17.1 Å². The van der Waals surface area contributed by atoms with Gasteiger partial charge in [-0.1, -0.05) is 45.0 Å². The number of methoxy groups -OCH3 is 1. The molecule has 2 rings (SSSR count). The van der Waals surface area contributed by atoms with Crippen LogP contribution in [-0.4, -0.2) is 24.0 Å². The molecule has 0 aliphatic heterocycles. The molecule has 134 valence electrons. The summed E-state index contributed by atoms with van der Waals surface area (Å²) in [6.07, 6.45) is 1.92. The molecular formula is C18H22Cl2NO2PTi. The van der Waals surface area contributed by atoms with Crippen LogP contribution in [0.15, 0.2) is 47.5 Å². The van der Waals surface area contributed by atoms with Crippen LogP contribution in [0.2, 0.25) is 0 Å². The Balaban J connectivity index is 0.000000970. The van der Waals surface area contributed by atoms with E-state index in [0.717, 1.165) is 16.2 Å². The SMILES string of the molecule is COc1cccc(Pc2ccccc2C=NC(C)(C)C)c1O.[Cl][Ti][Cl]. The second kappa shape index (κ2) is 11.2. The van der Waals surface area contributed by atoms with Crippen LogP contribution >= 0.6 is 27.2 Å². The van der Waals surface area contributed by atoms with Crippen molar-refractivity contribution >= 4 is 44.0 Å². The van der Waals surface area contributed by atoms with E-state index >= 15 is 0 Å². The van der Waals surface area contributed by atoms with E-state index < -0.39 is 17.0 Å². The van der Waals surface area contributed by atoms with Crippen molar-refractivity contribution < 1.29 is 26.9 Å². The Bertz CT molecular complexity index is 706. The second-order valence-corrected chi connectivity index (χ2v) is 9.98. The van der Waals surface area contributed by atoms with Gasteiger partial charge in [-0.15, -0.1) is 0 Å². The van der Waals surface area contributed by atoms with Crippen LogP contribution in [0.5, 0.6) is 11.5 Å². The average molecular weight is 434 g/mol. The third-order valence-electron chi connectivity index (χ3n) is 3.04. The van der Waals surface area contributed by atoms with Crippen LogP contribution in [0, 0.1) is 0 Å². The van der Waals surface area contributed by atoms with Gasteiger partial charge in [-0.2, -0.15) is 0 Å². The van der Waals surface area contributed by atoms with Crippen molar-refractivity contribution in [3.05, 3.63) is 48.0 Å². The number of phenols is 1. The zero-order valence-corrected chi connectivity index (χ0v) is 18.8. The number of hydrogen-bond donors (Lipinski definition) is 1. The van der Waals surface area contributed by atoms with E-state index in [2.05, 4.69) is 37.9 Å². The molecule has 3 nitrogen and oxygen atoms in total. The van der Waals surface area contributed by atoms with Crippen molar-refractivity contribution in [3.63, 3.8) is 0 Å². The van der Waals surface area contributed by atoms with Gasteiger partial charge in [0.15, 0.2) is 11.5 Å². The first-order valence-corrected chi connectivity index (χ1v) is 12.9. The molecule has 25 heavy (non-hydrogen) atoms. The van der Waals surface area contributed by atoms with Crippen molar-refractivity contribution in [2.75, 3.05) is 7.11 Å². The zero-order chi connectivity index (χ0) is 18.9. The van der Waals surface area contributed by atoms with E-state index in [4.69, 9.17) is 23.3 Å². The molecule has 7 heteroatoms. The number of nitrogens with zero attached hydrogens (tertiary/aromatic N) is 1. The van der Waals surface area contributed by atoms with Crippen LogP contribution in [0.1, 0.15) is 26.3 Å². The molecule has 0 amide bonds. The van der Waals surface area contributed by atoms with Crippen LogP contribution in [-0.2, 0) is 17.0 Å². The van der Waals surface area contributed by atoms with Crippen molar-refractivity contribution in [2.24, 2.45) is 4.99 Å². The number of ether oxygens (including phenoxy) is 1. The summed E-state index contributed by atoms with van der Waals surface area (Å²) >= 11 is -0.556. The molecule has 0 saturated carbocycles. The molecule has 0 radical (unpaired) electrons. The maximum absolute atomic E-state index is 10.2. The molecule has 1 unspecified atom stereocenters. The number of para-hydroxylation sites is 1. The Hall–Kier alpha value is -0.566. The fraction of sp³-hybridized carbons (Fsp3) is 0.278. The average Bonchev–Trinajstić information content (AvgIpc) is 2.56. The summed E-state index contributed by atoms with van der Waals surface area (Å²) in [5, 5.41) is 12.3. The van der Waals surface area contributed by atoms with Gasteiger partial charge in [0.2, 0.25) is 0 Å². The third-order valence-corrected chi connectivity index (χ3v) is 4.44. The summed E-state index contributed by atoms with van der Waals surface area (Å²) in [6, 6.07) is 13.7. The molecule has 0 saturated heterocycles. The number of halogens is 2. The standard InChI is InChI=1S/C18H22NO2P.2ClH.Ti/c1-18(2,3)19-12-13-8-5-6-10-15(13)22-16-11-7-9-14(21-4)17(16)20;;;/h5-12,20,22H,1-4H3;2*1H;/q;;;+2/p-2. The van der Waals surface area contributed by atoms with Gasteiger partial charge in [-0.25, -0.2) is 0 Å². The minimum atomic E-state index is -0.556. The molecule has 0 heterocycles. The number of hydrogen-bond acceptors (Lipinski definition) is 3. The molecule has 0 aromatic heterocycles. The van der Waals surface area contributed by atoms with Gasteiger partial charge in [0.25, 0.3) is 0 Å². The Morgan fingerprint density at radius 2 is 1.68 bits per heavy atom. The molecule has 2 aromatic rings. The third kappa shape index (κ3) is 8.11. The number of phenolic OH excluding ortho intramolecular Hbond substituents is 1. The summed E-state index contributed by atoms with van der Waals surface area (Å²) in [5.74, 6) is 0.719. The molecule has 1 atom stereocenters. The Labute approximate surface area is 168 Å². The van der Waals surface area contributed by atoms with Crippen molar-refractivity contribution in [1.29, 1.82) is 0 Å². The Morgan fingerprint density at radius 1 is 1.08 bits per heavy atom. The number of aromatic hydroxyl groups is 1. The summed E-state index contributed by atoms with van der Waals surface area (Å²) < 4.78 is 5.17. The predicted molar refractivity (Wildman–Crippen MR) is 108 cm³/mol. The van der Waals surface area contributed by atoms with E-state index in [9.17, 15) is 5.11 Å². The van der Waals surface area contributed by atoms with E-state index in [1.165, 1.54) is 0 Å². The Kier molecular flexibility index (Phi) is 10.1. The fourth-order valence-electron chi connectivity index (χ4n) is 1.92. The van der Waals surface area contributed by atoms with Crippen LogP contribution in [0.4, 0.5) is 0 Å². The van der Waals surface area contributed by atoms with E-state index in [1.54, 1.807) is 13.2 Å². The normalized spacial score (nSPS) is 11.4. The van der Waals surface area contributed by atoms with Crippen molar-refractivity contribution in [3.8, 4) is 11.5 Å². The topological polar surface area (TPSA) is 41.8 Å². The molecule has 0 aliphatic carbocycles. The second-order valence-electron chi connectivity index (χ2n) is 6.07. The van der Waals surface area contributed by atoms with Crippen molar-refractivity contribution in [1.82, 2.24) is 0 Å². The van der Waals surface area contributed by atoms with E-state index in [-0.39, 0.29) is 11.3 Å².